The number of aromatic nitrogens is 2. The van der Waals surface area contributed by atoms with Crippen molar-refractivity contribution in [2.24, 2.45) is 0 Å². The second-order valence-electron chi connectivity index (χ2n) is 3.87. The van der Waals surface area contributed by atoms with Crippen LogP contribution in [0.2, 0.25) is 0 Å². The van der Waals surface area contributed by atoms with E-state index in [1.165, 1.54) is 0 Å². The molecule has 1 aliphatic rings. The highest BCUT2D eigenvalue weighted by atomic mass is 16.6. The summed E-state index contributed by atoms with van der Waals surface area (Å²) in [6.07, 6.45) is 0.529. The third-order valence-corrected chi connectivity index (χ3v) is 2.67. The van der Waals surface area contributed by atoms with Crippen molar-refractivity contribution in [1.82, 2.24) is 10.2 Å². The second-order valence-corrected chi connectivity index (χ2v) is 3.87. The number of benzene rings is 1. The molecule has 3 rings (SSSR count). The van der Waals surface area contributed by atoms with Crippen LogP contribution in [0.15, 0.2) is 22.6 Å². The maximum atomic E-state index is 5.63. The van der Waals surface area contributed by atoms with Crippen LogP contribution < -0.4 is 14.8 Å². The van der Waals surface area contributed by atoms with Gasteiger partial charge in [-0.15, -0.1) is 5.10 Å². The van der Waals surface area contributed by atoms with E-state index in [1.54, 1.807) is 7.05 Å². The molecule has 1 aromatic carbocycles. The predicted octanol–water partition coefficient (Wildman–Crippen LogP) is 1.47. The normalized spacial score (nSPS) is 13.4. The number of hydrogen-bond donors (Lipinski definition) is 1. The van der Waals surface area contributed by atoms with E-state index in [1.807, 2.05) is 18.2 Å². The van der Waals surface area contributed by atoms with Gasteiger partial charge in [-0.3, -0.25) is 0 Å². The lowest BCUT2D eigenvalue weighted by molar-refractivity contribution is 0.170. The summed E-state index contributed by atoms with van der Waals surface area (Å²) < 4.78 is 16.6. The molecule has 0 spiro atoms. The maximum Gasteiger partial charge on any atom is 0.315 e. The zero-order chi connectivity index (χ0) is 12.4. The number of hydrogen-bond acceptors (Lipinski definition) is 6. The Morgan fingerprint density at radius 2 is 2.11 bits per heavy atom. The molecule has 0 amide bonds. The molecule has 1 aliphatic heterocycles. The first-order valence-electron chi connectivity index (χ1n) is 5.74. The topological polar surface area (TPSA) is 69.4 Å². The molecule has 18 heavy (non-hydrogen) atoms. The fourth-order valence-electron chi connectivity index (χ4n) is 1.86. The third-order valence-electron chi connectivity index (χ3n) is 2.67. The van der Waals surface area contributed by atoms with Crippen LogP contribution in [0.5, 0.6) is 11.5 Å². The molecule has 0 atom stereocenters. The van der Waals surface area contributed by atoms with Gasteiger partial charge < -0.3 is 19.2 Å². The molecule has 0 bridgehead atoms. The van der Waals surface area contributed by atoms with Crippen molar-refractivity contribution in [3.63, 3.8) is 0 Å². The molecule has 0 fully saturated rings. The Hall–Kier alpha value is -2.24. The first-order chi connectivity index (χ1) is 8.86. The molecule has 1 aromatic heterocycles. The Bertz CT molecular complexity index is 553. The summed E-state index contributed by atoms with van der Waals surface area (Å²) in [6.45, 7) is 1.15. The molecular formula is C12H13N3O3. The Labute approximate surface area is 104 Å². The lowest BCUT2D eigenvalue weighted by atomic mass is 10.1. The highest BCUT2D eigenvalue weighted by Gasteiger charge is 2.17. The van der Waals surface area contributed by atoms with E-state index in [4.69, 9.17) is 13.9 Å². The molecular weight excluding hydrogens is 234 g/mol. The first kappa shape index (κ1) is 10.9. The number of nitrogens with zero attached hydrogens (tertiary/aromatic N) is 2. The number of rotatable bonds is 3. The summed E-state index contributed by atoms with van der Waals surface area (Å²) in [6, 6.07) is 6.20. The molecule has 0 saturated heterocycles. The van der Waals surface area contributed by atoms with Crippen LogP contribution in [-0.2, 0) is 6.42 Å². The summed E-state index contributed by atoms with van der Waals surface area (Å²) >= 11 is 0. The van der Waals surface area contributed by atoms with Gasteiger partial charge in [0.05, 0.1) is 6.42 Å². The van der Waals surface area contributed by atoms with Gasteiger partial charge in [-0.2, -0.15) is 0 Å². The molecule has 2 aromatic rings. The van der Waals surface area contributed by atoms with Gasteiger partial charge in [-0.1, -0.05) is 17.2 Å². The molecule has 0 aliphatic carbocycles. The minimum absolute atomic E-state index is 0.409. The summed E-state index contributed by atoms with van der Waals surface area (Å²) in [4.78, 5) is 0. The van der Waals surface area contributed by atoms with Gasteiger partial charge in [0, 0.05) is 12.6 Å². The van der Waals surface area contributed by atoms with Crippen molar-refractivity contribution in [3.05, 3.63) is 29.7 Å². The summed E-state index contributed by atoms with van der Waals surface area (Å²) in [7, 11) is 1.73. The van der Waals surface area contributed by atoms with Gasteiger partial charge in [-0.05, 0) is 6.07 Å². The van der Waals surface area contributed by atoms with Gasteiger partial charge in [0.15, 0.2) is 11.5 Å². The third kappa shape index (κ3) is 1.97. The number of fused-ring (bicyclic) bond motifs is 1. The zero-order valence-electron chi connectivity index (χ0n) is 9.97. The minimum atomic E-state index is 0.409. The number of ether oxygens (including phenoxy) is 2. The molecule has 2 heterocycles. The van der Waals surface area contributed by atoms with Crippen LogP contribution in [0.3, 0.4) is 0 Å². The summed E-state index contributed by atoms with van der Waals surface area (Å²) in [5.41, 5.74) is 0.985. The van der Waals surface area contributed by atoms with Crippen molar-refractivity contribution >= 4 is 6.01 Å². The molecule has 0 radical (unpaired) electrons. The van der Waals surface area contributed by atoms with Gasteiger partial charge in [0.25, 0.3) is 0 Å². The number of anilines is 1. The minimum Gasteiger partial charge on any atom is -0.486 e. The van der Waals surface area contributed by atoms with Crippen LogP contribution in [0.4, 0.5) is 6.01 Å². The number of para-hydroxylation sites is 1. The number of nitrogens with one attached hydrogen (secondary N) is 1. The van der Waals surface area contributed by atoms with E-state index in [0.29, 0.717) is 31.5 Å². The Morgan fingerprint density at radius 3 is 2.94 bits per heavy atom. The van der Waals surface area contributed by atoms with Crippen molar-refractivity contribution in [3.8, 4) is 11.5 Å². The van der Waals surface area contributed by atoms with E-state index in [0.717, 1.165) is 17.1 Å². The first-order valence-corrected chi connectivity index (χ1v) is 5.74. The maximum absolute atomic E-state index is 5.63. The summed E-state index contributed by atoms with van der Waals surface area (Å²) in [5, 5.41) is 10.6. The van der Waals surface area contributed by atoms with E-state index in [-0.39, 0.29) is 0 Å². The SMILES string of the molecule is CNc1nnc(Cc2cccc3c2OCCO3)o1. The van der Waals surface area contributed by atoms with E-state index >= 15 is 0 Å². The van der Waals surface area contributed by atoms with Crippen LogP contribution in [0.1, 0.15) is 11.5 Å². The lowest BCUT2D eigenvalue weighted by Gasteiger charge is -2.20. The largest absolute Gasteiger partial charge is 0.486 e. The lowest BCUT2D eigenvalue weighted by Crippen LogP contribution is -2.16. The average Bonchev–Trinajstić information content (AvgIpc) is 2.87. The Morgan fingerprint density at radius 1 is 1.22 bits per heavy atom. The van der Waals surface area contributed by atoms with Crippen molar-refractivity contribution in [2.75, 3.05) is 25.6 Å². The van der Waals surface area contributed by atoms with Crippen molar-refractivity contribution < 1.29 is 13.9 Å². The Kier molecular flexibility index (Phi) is 2.76. The predicted molar refractivity (Wildman–Crippen MR) is 64.1 cm³/mol. The molecule has 0 saturated carbocycles. The summed E-state index contributed by atoms with van der Waals surface area (Å²) in [5.74, 6) is 2.09. The van der Waals surface area contributed by atoms with Crippen LogP contribution in [-0.4, -0.2) is 30.5 Å². The van der Waals surface area contributed by atoms with Gasteiger partial charge >= 0.3 is 6.01 Å². The van der Waals surface area contributed by atoms with Gasteiger partial charge in [0.1, 0.15) is 13.2 Å². The molecule has 1 N–H and O–H groups in total. The van der Waals surface area contributed by atoms with E-state index < -0.39 is 0 Å². The van der Waals surface area contributed by atoms with Crippen molar-refractivity contribution in [1.29, 1.82) is 0 Å². The molecule has 6 heteroatoms. The molecule has 94 valence electrons. The highest BCUT2D eigenvalue weighted by Crippen LogP contribution is 2.34. The van der Waals surface area contributed by atoms with Crippen LogP contribution in [0, 0.1) is 0 Å². The van der Waals surface area contributed by atoms with E-state index in [2.05, 4.69) is 15.5 Å². The van der Waals surface area contributed by atoms with Crippen LogP contribution in [0.25, 0.3) is 0 Å². The fraction of sp³-hybridized carbons (Fsp3) is 0.333. The second kappa shape index (κ2) is 4.56. The zero-order valence-corrected chi connectivity index (χ0v) is 9.97. The quantitative estimate of drug-likeness (QED) is 0.885. The van der Waals surface area contributed by atoms with E-state index in [9.17, 15) is 0 Å². The smallest absolute Gasteiger partial charge is 0.315 e. The molecule has 0 unspecified atom stereocenters. The van der Waals surface area contributed by atoms with Gasteiger partial charge in [0.2, 0.25) is 5.89 Å². The Balaban J connectivity index is 1.88. The monoisotopic (exact) mass is 247 g/mol. The van der Waals surface area contributed by atoms with Crippen molar-refractivity contribution in [2.45, 2.75) is 6.42 Å². The fourth-order valence-corrected chi connectivity index (χ4v) is 1.86. The highest BCUT2D eigenvalue weighted by molar-refractivity contribution is 5.48. The van der Waals surface area contributed by atoms with Crippen LogP contribution >= 0.6 is 0 Å². The standard InChI is InChI=1S/C12H13N3O3/c1-13-12-15-14-10(18-12)7-8-3-2-4-9-11(8)17-6-5-16-9/h2-4H,5-7H2,1H3,(H,13,15). The van der Waals surface area contributed by atoms with Gasteiger partial charge in [-0.25, -0.2) is 0 Å². The molecule has 6 nitrogen and oxygen atoms in total. The average molecular weight is 247 g/mol.